The van der Waals surface area contributed by atoms with Crippen LogP contribution in [0, 0.1) is 0 Å². The maximum Gasteiger partial charge on any atom is 0.113 e. The van der Waals surface area contributed by atoms with Crippen molar-refractivity contribution < 1.29 is 5.11 Å². The Hall–Kier alpha value is -1.54. The van der Waals surface area contributed by atoms with E-state index in [1.54, 1.807) is 0 Å². The topological polar surface area (TPSA) is 23.5 Å². The summed E-state index contributed by atoms with van der Waals surface area (Å²) < 4.78 is 0. The molecule has 1 N–H and O–H groups in total. The van der Waals surface area contributed by atoms with E-state index in [0.717, 1.165) is 18.5 Å². The van der Waals surface area contributed by atoms with Gasteiger partial charge in [-0.3, -0.25) is 0 Å². The fraction of sp³-hybridized carbons (Fsp3) is 0.375. The van der Waals surface area contributed by atoms with Crippen molar-refractivity contribution >= 4 is 0 Å². The molecule has 1 unspecified atom stereocenters. The molecule has 1 aromatic rings. The fourth-order valence-electron chi connectivity index (χ4n) is 2.38. The van der Waals surface area contributed by atoms with E-state index in [2.05, 4.69) is 24.9 Å². The largest absolute Gasteiger partial charge is 0.381 e. The van der Waals surface area contributed by atoms with Crippen molar-refractivity contribution in [3.63, 3.8) is 0 Å². The number of aliphatic hydroxyl groups is 1. The molecule has 1 aliphatic rings. The second kappa shape index (κ2) is 5.40. The molecule has 0 bridgehead atoms. The van der Waals surface area contributed by atoms with E-state index in [1.807, 2.05) is 42.5 Å². The van der Waals surface area contributed by atoms with Crippen LogP contribution >= 0.6 is 0 Å². The van der Waals surface area contributed by atoms with Crippen LogP contribution in [0.15, 0.2) is 54.3 Å². The molecule has 0 aliphatic heterocycles. The van der Waals surface area contributed by atoms with Gasteiger partial charge in [0.1, 0.15) is 5.60 Å². The standard InChI is InChI=1S/C16H21NO/c1-3-12-17(2)15-10-7-11-16(18,13-15)14-8-5-4-6-9-14/h4-11,18H,3,12-13H2,1-2H3. The summed E-state index contributed by atoms with van der Waals surface area (Å²) in [5, 5.41) is 10.8. The molecule has 1 aliphatic carbocycles. The van der Waals surface area contributed by atoms with Gasteiger partial charge in [0, 0.05) is 25.7 Å². The lowest BCUT2D eigenvalue weighted by atomic mass is 9.85. The molecule has 0 radical (unpaired) electrons. The number of nitrogens with zero attached hydrogens (tertiary/aromatic N) is 1. The van der Waals surface area contributed by atoms with Crippen LogP contribution < -0.4 is 0 Å². The Morgan fingerprint density at radius 1 is 1.28 bits per heavy atom. The van der Waals surface area contributed by atoms with Crippen molar-refractivity contribution in [2.24, 2.45) is 0 Å². The maximum atomic E-state index is 10.8. The third kappa shape index (κ3) is 2.65. The minimum absolute atomic E-state index is 0.643. The van der Waals surface area contributed by atoms with Crippen molar-refractivity contribution in [1.29, 1.82) is 0 Å². The second-order valence-electron chi connectivity index (χ2n) is 4.91. The SMILES string of the molecule is CCCN(C)C1=CC=CC(O)(c2ccccc2)C1. The van der Waals surface area contributed by atoms with Gasteiger partial charge < -0.3 is 10.0 Å². The van der Waals surface area contributed by atoms with E-state index in [0.29, 0.717) is 6.42 Å². The first kappa shape index (κ1) is 12.9. The number of allylic oxidation sites excluding steroid dienone is 2. The average molecular weight is 243 g/mol. The van der Waals surface area contributed by atoms with Crippen molar-refractivity contribution in [2.45, 2.75) is 25.4 Å². The van der Waals surface area contributed by atoms with Crippen LogP contribution in [0.5, 0.6) is 0 Å². The van der Waals surface area contributed by atoms with E-state index in [9.17, 15) is 5.11 Å². The predicted molar refractivity (Wildman–Crippen MR) is 75.1 cm³/mol. The monoisotopic (exact) mass is 243 g/mol. The number of hydrogen-bond acceptors (Lipinski definition) is 2. The Balaban J connectivity index is 2.19. The van der Waals surface area contributed by atoms with Crippen LogP contribution in [0.2, 0.25) is 0 Å². The molecule has 1 aromatic carbocycles. The molecule has 0 heterocycles. The molecule has 18 heavy (non-hydrogen) atoms. The van der Waals surface area contributed by atoms with Crippen molar-refractivity contribution in [3.8, 4) is 0 Å². The highest BCUT2D eigenvalue weighted by atomic mass is 16.3. The van der Waals surface area contributed by atoms with Crippen LogP contribution in [0.4, 0.5) is 0 Å². The Labute approximate surface area is 109 Å². The lowest BCUT2D eigenvalue weighted by molar-refractivity contribution is 0.0801. The predicted octanol–water partition coefficient (Wildman–Crippen LogP) is 3.06. The molecule has 0 saturated carbocycles. The molecule has 0 aromatic heterocycles. The summed E-state index contributed by atoms with van der Waals surface area (Å²) in [5.41, 5.74) is 1.27. The van der Waals surface area contributed by atoms with Gasteiger partial charge in [0.05, 0.1) is 0 Å². The van der Waals surface area contributed by atoms with Crippen molar-refractivity contribution in [3.05, 3.63) is 59.8 Å². The normalized spacial score (nSPS) is 22.7. The Kier molecular flexibility index (Phi) is 3.87. The number of benzene rings is 1. The zero-order valence-corrected chi connectivity index (χ0v) is 11.1. The van der Waals surface area contributed by atoms with Gasteiger partial charge in [-0.1, -0.05) is 43.3 Å². The van der Waals surface area contributed by atoms with Crippen LogP contribution in [0.3, 0.4) is 0 Å². The van der Waals surface area contributed by atoms with Crippen LogP contribution in [-0.4, -0.2) is 23.6 Å². The Morgan fingerprint density at radius 3 is 2.67 bits per heavy atom. The quantitative estimate of drug-likeness (QED) is 0.878. The first-order valence-corrected chi connectivity index (χ1v) is 6.53. The van der Waals surface area contributed by atoms with Gasteiger partial charge in [-0.15, -0.1) is 0 Å². The lowest BCUT2D eigenvalue weighted by Gasteiger charge is -2.33. The van der Waals surface area contributed by atoms with E-state index in [4.69, 9.17) is 0 Å². The molecule has 0 saturated heterocycles. The molecule has 2 nitrogen and oxygen atoms in total. The molecule has 1 atom stereocenters. The maximum absolute atomic E-state index is 10.8. The fourth-order valence-corrected chi connectivity index (χ4v) is 2.38. The summed E-state index contributed by atoms with van der Waals surface area (Å²) in [6.45, 7) is 3.18. The van der Waals surface area contributed by atoms with Gasteiger partial charge in [-0.2, -0.15) is 0 Å². The summed E-state index contributed by atoms with van der Waals surface area (Å²) in [6, 6.07) is 9.86. The summed E-state index contributed by atoms with van der Waals surface area (Å²) in [7, 11) is 2.08. The summed E-state index contributed by atoms with van der Waals surface area (Å²) in [6.07, 6.45) is 7.68. The highest BCUT2D eigenvalue weighted by Gasteiger charge is 2.29. The number of hydrogen-bond donors (Lipinski definition) is 1. The van der Waals surface area contributed by atoms with Gasteiger partial charge in [0.25, 0.3) is 0 Å². The minimum Gasteiger partial charge on any atom is -0.381 e. The van der Waals surface area contributed by atoms with Crippen molar-refractivity contribution in [2.75, 3.05) is 13.6 Å². The Bertz CT molecular complexity index is 449. The van der Waals surface area contributed by atoms with Gasteiger partial charge in [-0.25, -0.2) is 0 Å². The first-order chi connectivity index (χ1) is 8.65. The molecule has 0 fully saturated rings. The third-order valence-corrected chi connectivity index (χ3v) is 3.43. The van der Waals surface area contributed by atoms with Gasteiger partial charge in [-0.05, 0) is 24.1 Å². The first-order valence-electron chi connectivity index (χ1n) is 6.53. The van der Waals surface area contributed by atoms with Crippen LogP contribution in [0.1, 0.15) is 25.3 Å². The highest BCUT2D eigenvalue weighted by molar-refractivity contribution is 5.34. The third-order valence-electron chi connectivity index (χ3n) is 3.43. The second-order valence-corrected chi connectivity index (χ2v) is 4.91. The summed E-state index contributed by atoms with van der Waals surface area (Å²) in [5.74, 6) is 0. The van der Waals surface area contributed by atoms with Gasteiger partial charge in [0.15, 0.2) is 0 Å². The molecule has 0 spiro atoms. The van der Waals surface area contributed by atoms with E-state index >= 15 is 0 Å². The zero-order chi connectivity index (χ0) is 13.0. The molecule has 2 rings (SSSR count). The lowest BCUT2D eigenvalue weighted by Crippen LogP contribution is -2.30. The Morgan fingerprint density at radius 2 is 2.00 bits per heavy atom. The molecule has 0 amide bonds. The van der Waals surface area contributed by atoms with Gasteiger partial charge in [0.2, 0.25) is 0 Å². The van der Waals surface area contributed by atoms with E-state index in [1.165, 1.54) is 5.70 Å². The van der Waals surface area contributed by atoms with E-state index in [-0.39, 0.29) is 0 Å². The smallest absolute Gasteiger partial charge is 0.113 e. The van der Waals surface area contributed by atoms with Crippen LogP contribution in [-0.2, 0) is 5.60 Å². The molecule has 2 heteroatoms. The van der Waals surface area contributed by atoms with Crippen molar-refractivity contribution in [1.82, 2.24) is 4.90 Å². The summed E-state index contributed by atoms with van der Waals surface area (Å²) >= 11 is 0. The number of rotatable bonds is 4. The highest BCUT2D eigenvalue weighted by Crippen LogP contribution is 2.33. The molecular weight excluding hydrogens is 222 g/mol. The molecule has 96 valence electrons. The molecular formula is C16H21NO. The van der Waals surface area contributed by atoms with E-state index < -0.39 is 5.60 Å². The zero-order valence-electron chi connectivity index (χ0n) is 11.1. The summed E-state index contributed by atoms with van der Waals surface area (Å²) in [4.78, 5) is 2.22. The van der Waals surface area contributed by atoms with Gasteiger partial charge >= 0.3 is 0 Å². The minimum atomic E-state index is -0.868. The van der Waals surface area contributed by atoms with Crippen LogP contribution in [0.25, 0.3) is 0 Å². The average Bonchev–Trinajstić information content (AvgIpc) is 2.40.